The molecule has 59 heavy (non-hydrogen) atoms. The summed E-state index contributed by atoms with van der Waals surface area (Å²) in [6, 6.07) is 17.5. The molecule has 16 heteroatoms. The highest BCUT2D eigenvalue weighted by Gasteiger charge is 2.46. The van der Waals surface area contributed by atoms with E-state index in [2.05, 4.69) is 43.0 Å². The van der Waals surface area contributed by atoms with Crippen LogP contribution in [0.15, 0.2) is 107 Å². The minimum absolute atomic E-state index is 0.0282. The van der Waals surface area contributed by atoms with Crippen molar-refractivity contribution < 1.29 is 53.4 Å². The van der Waals surface area contributed by atoms with E-state index in [-0.39, 0.29) is 22.9 Å². The maximum absolute atomic E-state index is 12.5. The topological polar surface area (TPSA) is 207 Å². The van der Waals surface area contributed by atoms with Crippen molar-refractivity contribution in [1.29, 1.82) is 0 Å². The van der Waals surface area contributed by atoms with Crippen molar-refractivity contribution in [3.8, 4) is 0 Å². The molecule has 0 radical (unpaired) electrons. The summed E-state index contributed by atoms with van der Waals surface area (Å²) in [4.78, 5) is 12.0. The molecule has 0 aliphatic carbocycles. The van der Waals surface area contributed by atoms with Gasteiger partial charge in [-0.1, -0.05) is 62.4 Å². The monoisotopic (exact) mass is 865 g/mol. The maximum atomic E-state index is 12.5. The molecule has 2 heterocycles. The Balaban J connectivity index is 1.40. The summed E-state index contributed by atoms with van der Waals surface area (Å²) in [5.74, 6) is -1.21. The van der Waals surface area contributed by atoms with Gasteiger partial charge < -0.3 is 10.0 Å². The normalized spacial score (nSPS) is 17.3. The van der Waals surface area contributed by atoms with E-state index in [1.165, 1.54) is 12.1 Å². The second-order valence-corrected chi connectivity index (χ2v) is 20.4. The van der Waals surface area contributed by atoms with E-state index in [0.29, 0.717) is 56.4 Å². The summed E-state index contributed by atoms with van der Waals surface area (Å²) in [6.45, 7) is 9.12. The molecule has 0 saturated heterocycles. The van der Waals surface area contributed by atoms with Crippen molar-refractivity contribution >= 4 is 75.0 Å². The van der Waals surface area contributed by atoms with Gasteiger partial charge in [-0.2, -0.15) is 29.8 Å². The number of carboxylic acid groups (broad SMARTS) is 1. The van der Waals surface area contributed by atoms with Crippen molar-refractivity contribution in [3.05, 3.63) is 108 Å². The van der Waals surface area contributed by atoms with E-state index in [1.807, 2.05) is 60.9 Å². The number of carbonyl (C=O) groups is 1. The number of rotatable bonds is 16. The van der Waals surface area contributed by atoms with Crippen LogP contribution in [0, 0.1) is 0 Å². The molecule has 0 spiro atoms. The number of hydrogen-bond donors (Lipinski definition) is 4. The van der Waals surface area contributed by atoms with E-state index in [9.17, 15) is 43.7 Å². The SMILES string of the molecule is CC1(C)C(=CC=CC=CC2=[N+](CCCCCC(=O)O)c3ccc4c(S(=O)(=O)O)cc(S(=O)(=O)O)cc4c3C2(C)C)N(CCCCS(=O)(=O)O)c2ccc3ccccc3c21. The van der Waals surface area contributed by atoms with Crippen molar-refractivity contribution in [2.75, 3.05) is 23.7 Å². The molecule has 0 saturated carbocycles. The molecular weight excluding hydrogens is 817 g/mol. The van der Waals surface area contributed by atoms with Crippen LogP contribution in [-0.4, -0.2) is 79.1 Å². The third-order valence-electron chi connectivity index (χ3n) is 11.3. The van der Waals surface area contributed by atoms with Crippen molar-refractivity contribution in [3.63, 3.8) is 0 Å². The zero-order valence-electron chi connectivity index (χ0n) is 33.3. The van der Waals surface area contributed by atoms with Gasteiger partial charge >= 0.3 is 5.97 Å². The largest absolute Gasteiger partial charge is 0.481 e. The number of aliphatic carboxylic acids is 1. The fourth-order valence-electron chi connectivity index (χ4n) is 8.65. The molecular formula is C43H49N2O11S3+. The summed E-state index contributed by atoms with van der Waals surface area (Å²) in [7, 11) is -13.9. The molecule has 0 amide bonds. The van der Waals surface area contributed by atoms with E-state index < -0.39 is 56.9 Å². The van der Waals surface area contributed by atoms with Crippen LogP contribution in [0.1, 0.15) is 77.3 Å². The number of anilines is 1. The van der Waals surface area contributed by atoms with Crippen LogP contribution in [0.5, 0.6) is 0 Å². The molecule has 4 aromatic rings. The molecule has 6 rings (SSSR count). The number of nitrogens with zero attached hydrogens (tertiary/aromatic N) is 2. The van der Waals surface area contributed by atoms with Crippen LogP contribution in [0.3, 0.4) is 0 Å². The number of allylic oxidation sites excluding steroid dienone is 6. The third-order valence-corrected chi connectivity index (χ3v) is 13.8. The second kappa shape index (κ2) is 16.4. The van der Waals surface area contributed by atoms with Gasteiger partial charge in [-0.25, -0.2) is 0 Å². The average molecular weight is 866 g/mol. The van der Waals surface area contributed by atoms with Crippen molar-refractivity contribution in [1.82, 2.24) is 0 Å². The Kier molecular flexibility index (Phi) is 12.2. The molecule has 0 fully saturated rings. The van der Waals surface area contributed by atoms with Gasteiger partial charge in [0.05, 0.1) is 16.1 Å². The molecule has 4 N–H and O–H groups in total. The minimum Gasteiger partial charge on any atom is -0.481 e. The van der Waals surface area contributed by atoms with Gasteiger partial charge in [0.2, 0.25) is 5.69 Å². The third kappa shape index (κ3) is 9.07. The predicted octanol–water partition coefficient (Wildman–Crippen LogP) is 7.97. The Hall–Kier alpha value is -4.71. The van der Waals surface area contributed by atoms with E-state index >= 15 is 0 Å². The Bertz CT molecular complexity index is 2820. The van der Waals surface area contributed by atoms with Gasteiger partial charge in [0.15, 0.2) is 5.71 Å². The minimum atomic E-state index is -4.91. The standard InChI is InChI=1S/C43H48N2O11S3/c1-42(2)37(45(25-13-14-26-57(48,49)50)34-22-20-29-15-10-11-16-31(29)40(34)42)17-7-5-8-18-38-43(3,4)41-33-27-30(58(51,52)53)28-36(59(54,55)56)32(33)21-23-35(41)44(38)24-12-6-9-19-39(46)47/h5,7-8,10-11,15-18,20-23,27-28H,6,9,12-14,19,24-26H2,1-4H3,(H3-,46,47,48,49,50,51,52,53,54,55,56)/p+1. The Morgan fingerprint density at radius 1 is 0.729 bits per heavy atom. The Morgan fingerprint density at radius 3 is 2.14 bits per heavy atom. The van der Waals surface area contributed by atoms with E-state index in [0.717, 1.165) is 39.5 Å². The lowest BCUT2D eigenvalue weighted by molar-refractivity contribution is -0.438. The highest BCUT2D eigenvalue weighted by atomic mass is 32.2. The molecule has 0 atom stereocenters. The van der Waals surface area contributed by atoms with E-state index in [1.54, 1.807) is 6.07 Å². The number of carboxylic acids is 1. The smallest absolute Gasteiger partial charge is 0.303 e. The molecule has 13 nitrogen and oxygen atoms in total. The highest BCUT2D eigenvalue weighted by Crippen LogP contribution is 2.51. The first-order valence-corrected chi connectivity index (χ1v) is 23.8. The highest BCUT2D eigenvalue weighted by molar-refractivity contribution is 7.87. The van der Waals surface area contributed by atoms with Gasteiger partial charge in [0.1, 0.15) is 11.4 Å². The summed E-state index contributed by atoms with van der Waals surface area (Å²) in [5, 5.41) is 11.7. The van der Waals surface area contributed by atoms with Crippen LogP contribution in [0.2, 0.25) is 0 Å². The number of benzene rings is 4. The molecule has 2 aliphatic heterocycles. The van der Waals surface area contributed by atoms with Gasteiger partial charge in [-0.3, -0.25) is 18.5 Å². The molecule has 0 unspecified atom stereocenters. The fraction of sp³-hybridized carbons (Fsp3) is 0.349. The average Bonchev–Trinajstić information content (AvgIpc) is 3.49. The summed E-state index contributed by atoms with van der Waals surface area (Å²) < 4.78 is 104. The van der Waals surface area contributed by atoms with E-state index in [4.69, 9.17) is 5.11 Å². The van der Waals surface area contributed by atoms with Crippen molar-refractivity contribution in [2.24, 2.45) is 0 Å². The van der Waals surface area contributed by atoms with Gasteiger partial charge in [0.25, 0.3) is 30.4 Å². The summed E-state index contributed by atoms with van der Waals surface area (Å²) in [5.41, 5.74) is 3.94. The Labute approximate surface area is 345 Å². The molecule has 4 aromatic carbocycles. The first kappa shape index (κ1) is 43.9. The molecule has 314 valence electrons. The van der Waals surface area contributed by atoms with Gasteiger partial charge in [0, 0.05) is 59.3 Å². The van der Waals surface area contributed by atoms with Crippen molar-refractivity contribution in [2.45, 2.75) is 86.8 Å². The van der Waals surface area contributed by atoms with Gasteiger partial charge in [-0.05, 0) is 91.6 Å². The predicted molar refractivity (Wildman–Crippen MR) is 229 cm³/mol. The van der Waals surface area contributed by atoms with Crippen LogP contribution >= 0.6 is 0 Å². The molecule has 0 bridgehead atoms. The zero-order chi connectivity index (χ0) is 43.1. The van der Waals surface area contributed by atoms with Crippen LogP contribution in [-0.2, 0) is 46.0 Å². The summed E-state index contributed by atoms with van der Waals surface area (Å²) >= 11 is 0. The number of fused-ring (bicyclic) bond motifs is 6. The lowest BCUT2D eigenvalue weighted by Crippen LogP contribution is -2.28. The zero-order valence-corrected chi connectivity index (χ0v) is 35.7. The van der Waals surface area contributed by atoms with Crippen LogP contribution < -0.4 is 4.90 Å². The molecule has 2 aliphatic rings. The molecule has 0 aromatic heterocycles. The lowest BCUT2D eigenvalue weighted by atomic mass is 9.79. The first-order valence-electron chi connectivity index (χ1n) is 19.3. The maximum Gasteiger partial charge on any atom is 0.303 e. The lowest BCUT2D eigenvalue weighted by Gasteiger charge is -2.27. The summed E-state index contributed by atoms with van der Waals surface area (Å²) in [6.07, 6.45) is 12.2. The Morgan fingerprint density at radius 2 is 1.46 bits per heavy atom. The number of unbranched alkanes of at least 4 members (excludes halogenated alkanes) is 3. The first-order chi connectivity index (χ1) is 27.5. The van der Waals surface area contributed by atoms with Gasteiger partial charge in [-0.15, -0.1) is 0 Å². The second-order valence-electron chi connectivity index (χ2n) is 16.0. The quantitative estimate of drug-likeness (QED) is 0.0366. The fourth-order valence-corrected chi connectivity index (χ4v) is 10.6. The van der Waals surface area contributed by atoms with Crippen LogP contribution in [0.4, 0.5) is 11.4 Å². The number of hydrogen-bond acceptors (Lipinski definition) is 8. The van der Waals surface area contributed by atoms with Crippen LogP contribution in [0.25, 0.3) is 21.5 Å².